The number of aryl methyl sites for hydroxylation is 1. The maximum atomic E-state index is 12.2. The largest absolute Gasteiger partial charge is 0.481 e. The predicted octanol–water partition coefficient (Wildman–Crippen LogP) is 0.857. The molecule has 1 rings (SSSR count). The van der Waals surface area contributed by atoms with E-state index in [0.717, 1.165) is 12.0 Å². The molecule has 0 spiro atoms. The molecule has 0 fully saturated rings. The van der Waals surface area contributed by atoms with Crippen molar-refractivity contribution in [2.75, 3.05) is 13.2 Å². The van der Waals surface area contributed by atoms with Crippen LogP contribution >= 0.6 is 0 Å². The number of carbonyl (C=O) groups is 2. The highest BCUT2D eigenvalue weighted by molar-refractivity contribution is 6.01. The summed E-state index contributed by atoms with van der Waals surface area (Å²) < 4.78 is 0. The molecule has 1 atom stereocenters. The number of nitrogens with one attached hydrogen (secondary N) is 1. The molecule has 104 valence electrons. The summed E-state index contributed by atoms with van der Waals surface area (Å²) in [5, 5.41) is 20.3. The smallest absolute Gasteiger partial charge is 0.305 e. The summed E-state index contributed by atoms with van der Waals surface area (Å²) in [5.41, 5.74) is 1.60. The SMILES string of the molecule is CCc1ccc(C(=O)C(CC(=O)O)NCCO)cc1. The van der Waals surface area contributed by atoms with E-state index in [-0.39, 0.29) is 25.4 Å². The van der Waals surface area contributed by atoms with Crippen LogP contribution in [0.5, 0.6) is 0 Å². The summed E-state index contributed by atoms with van der Waals surface area (Å²) in [7, 11) is 0. The summed E-state index contributed by atoms with van der Waals surface area (Å²) in [6, 6.07) is 6.32. The number of benzene rings is 1. The first-order chi connectivity index (χ1) is 9.08. The van der Waals surface area contributed by atoms with Crippen LogP contribution in [0.25, 0.3) is 0 Å². The number of ketones is 1. The van der Waals surface area contributed by atoms with E-state index in [1.807, 2.05) is 19.1 Å². The molecule has 1 unspecified atom stereocenters. The highest BCUT2D eigenvalue weighted by atomic mass is 16.4. The van der Waals surface area contributed by atoms with E-state index in [0.29, 0.717) is 5.56 Å². The average Bonchev–Trinajstić information content (AvgIpc) is 2.42. The number of carboxylic acids is 1. The first-order valence-electron chi connectivity index (χ1n) is 6.27. The Labute approximate surface area is 112 Å². The number of rotatable bonds is 8. The van der Waals surface area contributed by atoms with Gasteiger partial charge in [-0.1, -0.05) is 31.2 Å². The minimum atomic E-state index is -1.05. The molecular formula is C14H19NO4. The topological polar surface area (TPSA) is 86.6 Å². The maximum Gasteiger partial charge on any atom is 0.305 e. The molecule has 0 aromatic heterocycles. The Kier molecular flexibility index (Phi) is 6.18. The Hall–Kier alpha value is -1.72. The Bertz CT molecular complexity index is 428. The lowest BCUT2D eigenvalue weighted by Gasteiger charge is -2.15. The first kappa shape index (κ1) is 15.3. The van der Waals surface area contributed by atoms with E-state index in [1.165, 1.54) is 0 Å². The van der Waals surface area contributed by atoms with Crippen LogP contribution < -0.4 is 5.32 Å². The van der Waals surface area contributed by atoms with Gasteiger partial charge in [-0.3, -0.25) is 9.59 Å². The molecule has 0 heterocycles. The average molecular weight is 265 g/mol. The number of aliphatic hydroxyl groups excluding tert-OH is 1. The third-order valence-corrected chi connectivity index (χ3v) is 2.84. The highest BCUT2D eigenvalue weighted by Gasteiger charge is 2.22. The molecule has 0 amide bonds. The van der Waals surface area contributed by atoms with Gasteiger partial charge in [0, 0.05) is 12.1 Å². The normalized spacial score (nSPS) is 12.1. The number of carboxylic acid groups (broad SMARTS) is 1. The zero-order valence-electron chi connectivity index (χ0n) is 10.9. The molecule has 0 aliphatic heterocycles. The van der Waals surface area contributed by atoms with Crippen LogP contribution in [-0.2, 0) is 11.2 Å². The van der Waals surface area contributed by atoms with Crippen molar-refractivity contribution in [1.82, 2.24) is 5.32 Å². The second-order valence-electron chi connectivity index (χ2n) is 4.24. The van der Waals surface area contributed by atoms with Crippen molar-refractivity contribution in [3.8, 4) is 0 Å². The van der Waals surface area contributed by atoms with Gasteiger partial charge < -0.3 is 15.5 Å². The molecule has 1 aromatic rings. The zero-order chi connectivity index (χ0) is 14.3. The minimum absolute atomic E-state index is 0.141. The van der Waals surface area contributed by atoms with Gasteiger partial charge in [0.2, 0.25) is 0 Å². The quantitative estimate of drug-likeness (QED) is 0.607. The van der Waals surface area contributed by atoms with Crippen LogP contribution in [0, 0.1) is 0 Å². The maximum absolute atomic E-state index is 12.2. The summed E-state index contributed by atoms with van der Waals surface area (Å²) >= 11 is 0. The number of hydrogen-bond donors (Lipinski definition) is 3. The molecule has 19 heavy (non-hydrogen) atoms. The van der Waals surface area contributed by atoms with Gasteiger partial charge in [-0.15, -0.1) is 0 Å². The molecule has 0 saturated heterocycles. The summed E-state index contributed by atoms with van der Waals surface area (Å²) in [6.07, 6.45) is 0.587. The standard InChI is InChI=1S/C14H19NO4/c1-2-10-3-5-11(6-4-10)14(19)12(9-13(17)18)15-7-8-16/h3-6,12,15-16H,2,7-9H2,1H3,(H,17,18). The van der Waals surface area contributed by atoms with Gasteiger partial charge in [0.15, 0.2) is 5.78 Å². The third-order valence-electron chi connectivity index (χ3n) is 2.84. The number of Topliss-reactive ketones (excluding diaryl/α,β-unsaturated/α-hetero) is 1. The van der Waals surface area contributed by atoms with Gasteiger partial charge in [-0.2, -0.15) is 0 Å². The molecule has 0 saturated carbocycles. The van der Waals surface area contributed by atoms with Gasteiger partial charge in [0.25, 0.3) is 0 Å². The lowest BCUT2D eigenvalue weighted by Crippen LogP contribution is -2.40. The van der Waals surface area contributed by atoms with Gasteiger partial charge in [-0.05, 0) is 12.0 Å². The third kappa shape index (κ3) is 4.81. The Morgan fingerprint density at radius 2 is 1.89 bits per heavy atom. The molecule has 3 N–H and O–H groups in total. The van der Waals surface area contributed by atoms with Crippen molar-refractivity contribution >= 4 is 11.8 Å². The molecule has 5 heteroatoms. The van der Waals surface area contributed by atoms with E-state index in [1.54, 1.807) is 12.1 Å². The van der Waals surface area contributed by atoms with Gasteiger partial charge >= 0.3 is 5.97 Å². The van der Waals surface area contributed by atoms with Crippen molar-refractivity contribution in [3.63, 3.8) is 0 Å². The molecular weight excluding hydrogens is 246 g/mol. The van der Waals surface area contributed by atoms with E-state index in [9.17, 15) is 9.59 Å². The van der Waals surface area contributed by atoms with Gasteiger partial charge in [0.1, 0.15) is 0 Å². The van der Waals surface area contributed by atoms with Crippen LogP contribution in [0.1, 0.15) is 29.3 Å². The molecule has 0 aliphatic rings. The van der Waals surface area contributed by atoms with E-state index in [4.69, 9.17) is 10.2 Å². The Morgan fingerprint density at radius 1 is 1.26 bits per heavy atom. The fourth-order valence-electron chi connectivity index (χ4n) is 1.78. The number of carbonyl (C=O) groups excluding carboxylic acids is 1. The van der Waals surface area contributed by atoms with Crippen LogP contribution in [0.2, 0.25) is 0 Å². The summed E-state index contributed by atoms with van der Waals surface area (Å²) in [4.78, 5) is 22.9. The van der Waals surface area contributed by atoms with Crippen LogP contribution in [-0.4, -0.2) is 41.2 Å². The zero-order valence-corrected chi connectivity index (χ0v) is 10.9. The lowest BCUT2D eigenvalue weighted by molar-refractivity contribution is -0.137. The van der Waals surface area contributed by atoms with Gasteiger partial charge in [0.05, 0.1) is 19.1 Å². The predicted molar refractivity (Wildman–Crippen MR) is 71.3 cm³/mol. The molecule has 0 bridgehead atoms. The fourth-order valence-corrected chi connectivity index (χ4v) is 1.78. The van der Waals surface area contributed by atoms with Crippen molar-refractivity contribution in [3.05, 3.63) is 35.4 Å². The number of aliphatic hydroxyl groups is 1. The number of hydrogen-bond acceptors (Lipinski definition) is 4. The fraction of sp³-hybridized carbons (Fsp3) is 0.429. The second kappa shape index (κ2) is 7.66. The van der Waals surface area contributed by atoms with Crippen LogP contribution in [0.3, 0.4) is 0 Å². The Balaban J connectivity index is 2.81. The summed E-state index contributed by atoms with van der Waals surface area (Å²) in [5.74, 6) is -1.31. The molecule has 1 aromatic carbocycles. The van der Waals surface area contributed by atoms with Crippen molar-refractivity contribution in [2.45, 2.75) is 25.8 Å². The van der Waals surface area contributed by atoms with Gasteiger partial charge in [-0.25, -0.2) is 0 Å². The van der Waals surface area contributed by atoms with E-state index in [2.05, 4.69) is 5.32 Å². The Morgan fingerprint density at radius 3 is 2.37 bits per heavy atom. The highest BCUT2D eigenvalue weighted by Crippen LogP contribution is 2.09. The van der Waals surface area contributed by atoms with E-state index >= 15 is 0 Å². The van der Waals surface area contributed by atoms with Crippen molar-refractivity contribution in [2.24, 2.45) is 0 Å². The van der Waals surface area contributed by atoms with Crippen LogP contribution in [0.4, 0.5) is 0 Å². The van der Waals surface area contributed by atoms with Crippen molar-refractivity contribution < 1.29 is 19.8 Å². The minimum Gasteiger partial charge on any atom is -0.481 e. The lowest BCUT2D eigenvalue weighted by atomic mass is 10.00. The number of aliphatic carboxylic acids is 1. The molecule has 0 aliphatic carbocycles. The molecule has 5 nitrogen and oxygen atoms in total. The van der Waals surface area contributed by atoms with Crippen molar-refractivity contribution in [1.29, 1.82) is 0 Å². The first-order valence-corrected chi connectivity index (χ1v) is 6.27. The van der Waals surface area contributed by atoms with E-state index < -0.39 is 12.0 Å². The molecule has 0 radical (unpaired) electrons. The van der Waals surface area contributed by atoms with Crippen LogP contribution in [0.15, 0.2) is 24.3 Å². The summed E-state index contributed by atoms with van der Waals surface area (Å²) in [6.45, 7) is 2.07. The second-order valence-corrected chi connectivity index (χ2v) is 4.24. The monoisotopic (exact) mass is 265 g/mol.